The maximum absolute atomic E-state index is 3.26. The summed E-state index contributed by atoms with van der Waals surface area (Å²) in [5.41, 5.74) is 0. The van der Waals surface area contributed by atoms with Crippen LogP contribution >= 0.6 is 32.9 Å². The van der Waals surface area contributed by atoms with Crippen LogP contribution in [0.1, 0.15) is 0 Å². The third kappa shape index (κ3) is 5.26. The summed E-state index contributed by atoms with van der Waals surface area (Å²) in [5, 5.41) is 0. The Labute approximate surface area is 86.7 Å². The van der Waals surface area contributed by atoms with Gasteiger partial charge in [0.1, 0.15) is 0 Å². The first-order chi connectivity index (χ1) is 3.39. The molecule has 0 radical (unpaired) electrons. The van der Waals surface area contributed by atoms with Crippen LogP contribution in [0.25, 0.3) is 0 Å². The molecule has 1 aromatic carbocycles. The third-order valence-corrected chi connectivity index (χ3v) is 1.16. The molecule has 0 unspecified atom stereocenters. The third-order valence-electron chi connectivity index (χ3n) is 0.671. The van der Waals surface area contributed by atoms with Crippen LogP contribution in [-0.4, -0.2) is 0 Å². The quantitative estimate of drug-likeness (QED) is 0.511. The van der Waals surface area contributed by atoms with Crippen LogP contribution in [0.5, 0.6) is 0 Å². The van der Waals surface area contributed by atoms with Gasteiger partial charge in [0.25, 0.3) is 0 Å². The van der Waals surface area contributed by atoms with E-state index in [1.54, 1.807) is 0 Å². The van der Waals surface area contributed by atoms with E-state index in [1.807, 2.05) is 24.3 Å². The Hall–Kier alpha value is 0.803. The van der Waals surface area contributed by atoms with Crippen molar-refractivity contribution in [1.29, 1.82) is 0 Å². The first-order valence-electron chi connectivity index (χ1n) is 2.02. The van der Waals surface area contributed by atoms with Crippen molar-refractivity contribution in [3.63, 3.8) is 0 Å². The molecule has 0 heterocycles. The second kappa shape index (κ2) is 6.92. The van der Waals surface area contributed by atoms with Crippen molar-refractivity contribution in [2.75, 3.05) is 0 Å². The molecule has 0 atom stereocenters. The van der Waals surface area contributed by atoms with Gasteiger partial charge >= 0.3 is 0 Å². The summed E-state index contributed by atoms with van der Waals surface area (Å²) in [4.78, 5) is 0. The maximum atomic E-state index is 3.26. The largest absolute Gasteiger partial charge is 0.176 e. The molecular weight excluding hydrogens is 297 g/mol. The second-order valence-electron chi connectivity index (χ2n) is 1.21. The summed E-state index contributed by atoms with van der Waals surface area (Å²) in [6, 6.07) is 10.7. The maximum Gasteiger partial charge on any atom is 0 e. The summed E-state index contributed by atoms with van der Waals surface area (Å²) < 4.78 is 1.01. The minimum Gasteiger partial charge on any atom is -0.176 e. The van der Waals surface area contributed by atoms with E-state index in [0.29, 0.717) is 0 Å². The molecule has 3 heteroatoms. The molecule has 0 aliphatic heterocycles. The Bertz CT molecular complexity index is 141. The average molecular weight is 302 g/mol. The van der Waals surface area contributed by atoms with E-state index in [1.165, 1.54) is 0 Å². The van der Waals surface area contributed by atoms with Crippen LogP contribution in [0.2, 0.25) is 0 Å². The molecule has 46 valence electrons. The molecule has 1 rings (SSSR count). The summed E-state index contributed by atoms with van der Waals surface area (Å²) >= 11 is 3.26. The predicted octanol–water partition coefficient (Wildman–Crippen LogP) is 2.82. The topological polar surface area (TPSA) is 0 Å². The van der Waals surface area contributed by atoms with Gasteiger partial charge < -0.3 is 0 Å². The first kappa shape index (κ1) is 12.5. The van der Waals surface area contributed by atoms with E-state index in [4.69, 9.17) is 0 Å². The van der Waals surface area contributed by atoms with E-state index in [2.05, 4.69) is 22.0 Å². The zero-order valence-corrected chi connectivity index (χ0v) is 11.1. The first-order valence-corrected chi connectivity index (χ1v) is 2.81. The zero-order valence-electron chi connectivity index (χ0n) is 4.80. The van der Waals surface area contributed by atoms with Crippen molar-refractivity contribution < 1.29 is 19.5 Å². The van der Waals surface area contributed by atoms with Crippen LogP contribution in [0.15, 0.2) is 28.7 Å². The molecule has 0 fully saturated rings. The summed E-state index contributed by atoms with van der Waals surface area (Å²) in [6.07, 6.45) is 0. The molecule has 0 saturated carbocycles. The van der Waals surface area contributed by atoms with Gasteiger partial charge in [-0.1, -0.05) is 20.4 Å². The molecule has 0 spiro atoms. The van der Waals surface area contributed by atoms with E-state index >= 15 is 0 Å². The minimum absolute atomic E-state index is 0. The van der Waals surface area contributed by atoms with Gasteiger partial charge in [-0.2, -0.15) is 30.3 Å². The number of rotatable bonds is 0. The Morgan fingerprint density at radius 3 is 2.22 bits per heavy atom. The molecule has 0 amide bonds. The van der Waals surface area contributed by atoms with Crippen LogP contribution in [0.3, 0.4) is 0 Å². The van der Waals surface area contributed by atoms with E-state index in [0.717, 1.165) is 4.47 Å². The van der Waals surface area contributed by atoms with Crippen LogP contribution in [-0.2, 0) is 19.5 Å². The molecule has 0 aromatic heterocycles. The predicted molar refractivity (Wildman–Crippen MR) is 43.3 cm³/mol. The van der Waals surface area contributed by atoms with Crippen LogP contribution in [0.4, 0.5) is 0 Å². The fraction of sp³-hybridized carbons (Fsp3) is 0. The second-order valence-corrected chi connectivity index (χ2v) is 2.06. The van der Waals surface area contributed by atoms with Crippen molar-refractivity contribution in [3.05, 3.63) is 34.8 Å². The molecule has 0 aliphatic rings. The number of benzene rings is 1. The Morgan fingerprint density at radius 2 is 2.00 bits per heavy atom. The van der Waals surface area contributed by atoms with E-state index in [-0.39, 0.29) is 36.5 Å². The molecule has 0 N–H and O–H groups in total. The molecule has 0 saturated heterocycles. The van der Waals surface area contributed by atoms with E-state index < -0.39 is 0 Å². The Kier molecular flexibility index (Phi) is 9.59. The van der Waals surface area contributed by atoms with Crippen molar-refractivity contribution in [2.45, 2.75) is 0 Å². The van der Waals surface area contributed by atoms with Gasteiger partial charge in [-0.25, -0.2) is 0 Å². The Morgan fingerprint density at radius 1 is 1.33 bits per heavy atom. The van der Waals surface area contributed by atoms with Gasteiger partial charge in [-0.3, -0.25) is 0 Å². The number of hydrogen-bond donors (Lipinski definition) is 0. The monoisotopic (exact) mass is 299 g/mol. The fourth-order valence-electron chi connectivity index (χ4n) is 0.371. The average Bonchev–Trinajstić information content (AvgIpc) is 1.69. The van der Waals surface area contributed by atoms with Crippen molar-refractivity contribution in [3.8, 4) is 0 Å². The molecule has 0 nitrogen and oxygen atoms in total. The van der Waals surface area contributed by atoms with Gasteiger partial charge in [0.05, 0.1) is 0 Å². The molecule has 9 heavy (non-hydrogen) atoms. The molecule has 1 aromatic rings. The molecule has 0 bridgehead atoms. The smallest absolute Gasteiger partial charge is 0 e. The molecule has 0 aliphatic carbocycles. The zero-order chi connectivity index (χ0) is 5.11. The van der Waals surface area contributed by atoms with Crippen LogP contribution < -0.4 is 0 Å². The van der Waals surface area contributed by atoms with Gasteiger partial charge in [-0.05, 0) is 0 Å². The van der Waals surface area contributed by atoms with Crippen molar-refractivity contribution >= 4 is 32.9 Å². The minimum atomic E-state index is 0. The van der Waals surface area contributed by atoms with Gasteiger partial charge in [0, 0.05) is 19.5 Å². The summed E-state index contributed by atoms with van der Waals surface area (Å²) in [7, 11) is 0. The Balaban J connectivity index is 0. The molecular formula is C6H5Br2Zn-. The van der Waals surface area contributed by atoms with Gasteiger partial charge in [0.2, 0.25) is 0 Å². The van der Waals surface area contributed by atoms with Gasteiger partial charge in [-0.15, -0.1) is 17.0 Å². The SMILES string of the molecule is Br.Brc1[c-]cccc1.[Zn]. The van der Waals surface area contributed by atoms with Crippen LogP contribution in [0, 0.1) is 6.07 Å². The number of halogens is 2. The van der Waals surface area contributed by atoms with Crippen molar-refractivity contribution in [2.24, 2.45) is 0 Å². The van der Waals surface area contributed by atoms with Crippen molar-refractivity contribution in [1.82, 2.24) is 0 Å². The summed E-state index contributed by atoms with van der Waals surface area (Å²) in [6.45, 7) is 0. The van der Waals surface area contributed by atoms with E-state index in [9.17, 15) is 0 Å². The van der Waals surface area contributed by atoms with Gasteiger partial charge in [0.15, 0.2) is 0 Å². The standard InChI is InChI=1S/C6H4Br.BrH.Zn/c7-6-4-2-1-3-5-6;;/h1-4H;1H;/q-1;;. The number of hydrogen-bond acceptors (Lipinski definition) is 0. The fourth-order valence-corrected chi connectivity index (χ4v) is 0.656. The normalized spacial score (nSPS) is 6.78. The summed E-state index contributed by atoms with van der Waals surface area (Å²) in [5.74, 6) is 0.